The molecule has 0 saturated carbocycles. The van der Waals surface area contributed by atoms with Crippen LogP contribution in [0.15, 0.2) is 86.9 Å². The molecule has 0 fully saturated rings. The summed E-state index contributed by atoms with van der Waals surface area (Å²) < 4.78 is 7.73. The van der Waals surface area contributed by atoms with Crippen LogP contribution in [0.25, 0.3) is 10.9 Å². The van der Waals surface area contributed by atoms with Crippen LogP contribution in [-0.4, -0.2) is 20.4 Å². The van der Waals surface area contributed by atoms with Gasteiger partial charge in [0.25, 0.3) is 5.56 Å². The Morgan fingerprint density at radius 1 is 1.07 bits per heavy atom. The Labute approximate surface area is 181 Å². The molecule has 2 heterocycles. The van der Waals surface area contributed by atoms with Gasteiger partial charge in [0, 0.05) is 24.0 Å². The predicted octanol–water partition coefficient (Wildman–Crippen LogP) is 4.37. The maximum Gasteiger partial charge on any atom is 0.261 e. The highest BCUT2D eigenvalue weighted by atomic mass is 79.9. The summed E-state index contributed by atoms with van der Waals surface area (Å²) in [7, 11) is 0. The first-order chi connectivity index (χ1) is 14.6. The van der Waals surface area contributed by atoms with Crippen molar-refractivity contribution in [2.75, 3.05) is 0 Å². The molecule has 0 aliphatic heterocycles. The number of carbonyl (C=O) groups is 1. The van der Waals surface area contributed by atoms with Crippen LogP contribution < -0.4 is 5.56 Å². The first kappa shape index (κ1) is 20.1. The Kier molecular flexibility index (Phi) is 6.09. The van der Waals surface area contributed by atoms with Crippen LogP contribution in [0.2, 0.25) is 0 Å². The van der Waals surface area contributed by atoms with Gasteiger partial charge in [0.2, 0.25) is 5.91 Å². The molecule has 1 amide bonds. The average Bonchev–Trinajstić information content (AvgIpc) is 3.27. The van der Waals surface area contributed by atoms with Crippen molar-refractivity contribution in [3.05, 3.63) is 99.4 Å². The minimum Gasteiger partial charge on any atom is -0.467 e. The van der Waals surface area contributed by atoms with Crippen LogP contribution in [0.4, 0.5) is 0 Å². The van der Waals surface area contributed by atoms with E-state index in [0.717, 1.165) is 10.0 Å². The molecule has 0 radical (unpaired) electrons. The van der Waals surface area contributed by atoms with Crippen molar-refractivity contribution in [2.45, 2.75) is 26.1 Å². The Morgan fingerprint density at radius 2 is 1.90 bits per heavy atom. The van der Waals surface area contributed by atoms with E-state index < -0.39 is 0 Å². The summed E-state index contributed by atoms with van der Waals surface area (Å²) in [5.41, 5.74) is 1.51. The molecule has 6 nitrogen and oxygen atoms in total. The second kappa shape index (κ2) is 9.09. The fourth-order valence-electron chi connectivity index (χ4n) is 3.29. The third-order valence-electron chi connectivity index (χ3n) is 4.85. The third-order valence-corrected chi connectivity index (χ3v) is 5.34. The highest BCUT2D eigenvalue weighted by Crippen LogP contribution is 2.15. The molecular formula is C23H20BrN3O3. The number of hydrogen-bond acceptors (Lipinski definition) is 4. The van der Waals surface area contributed by atoms with Gasteiger partial charge in [-0.3, -0.25) is 14.2 Å². The predicted molar refractivity (Wildman–Crippen MR) is 118 cm³/mol. The molecule has 0 saturated heterocycles. The fourth-order valence-corrected chi connectivity index (χ4v) is 3.65. The molecule has 7 heteroatoms. The van der Waals surface area contributed by atoms with Crippen molar-refractivity contribution in [3.63, 3.8) is 0 Å². The van der Waals surface area contributed by atoms with Crippen LogP contribution in [0, 0.1) is 0 Å². The van der Waals surface area contributed by atoms with Crippen molar-refractivity contribution in [1.82, 2.24) is 14.5 Å². The van der Waals surface area contributed by atoms with Gasteiger partial charge in [-0.1, -0.05) is 46.3 Å². The lowest BCUT2D eigenvalue weighted by molar-refractivity contribution is -0.133. The van der Waals surface area contributed by atoms with Gasteiger partial charge in [-0.2, -0.15) is 0 Å². The molecule has 4 rings (SSSR count). The minimum atomic E-state index is -0.158. The lowest BCUT2D eigenvalue weighted by Gasteiger charge is -2.22. The Hall–Kier alpha value is -3.19. The van der Waals surface area contributed by atoms with E-state index in [1.807, 2.05) is 42.5 Å². The number of furan rings is 1. The zero-order valence-electron chi connectivity index (χ0n) is 16.2. The van der Waals surface area contributed by atoms with Crippen LogP contribution >= 0.6 is 15.9 Å². The molecule has 0 bridgehead atoms. The zero-order chi connectivity index (χ0) is 20.9. The molecule has 0 unspecified atom stereocenters. The van der Waals surface area contributed by atoms with Gasteiger partial charge >= 0.3 is 0 Å². The molecule has 0 aliphatic rings. The summed E-state index contributed by atoms with van der Waals surface area (Å²) in [6, 6.07) is 18.9. The van der Waals surface area contributed by atoms with E-state index in [4.69, 9.17) is 4.42 Å². The number of nitrogens with zero attached hydrogens (tertiary/aromatic N) is 3. The summed E-state index contributed by atoms with van der Waals surface area (Å²) in [4.78, 5) is 31.9. The van der Waals surface area contributed by atoms with Gasteiger partial charge in [-0.15, -0.1) is 0 Å². The number of amides is 1. The van der Waals surface area contributed by atoms with Crippen molar-refractivity contribution >= 4 is 32.7 Å². The Bertz CT molecular complexity index is 1200. The van der Waals surface area contributed by atoms with Gasteiger partial charge in [-0.25, -0.2) is 4.98 Å². The molecule has 0 N–H and O–H groups in total. The van der Waals surface area contributed by atoms with Gasteiger partial charge in [0.1, 0.15) is 5.76 Å². The van der Waals surface area contributed by atoms with Crippen LogP contribution in [-0.2, 0) is 24.4 Å². The summed E-state index contributed by atoms with van der Waals surface area (Å²) in [5, 5.41) is 0.524. The first-order valence-electron chi connectivity index (χ1n) is 9.59. The van der Waals surface area contributed by atoms with E-state index in [9.17, 15) is 9.59 Å². The lowest BCUT2D eigenvalue weighted by atomic mass is 10.2. The Balaban J connectivity index is 1.51. The maximum atomic E-state index is 13.0. The highest BCUT2D eigenvalue weighted by molar-refractivity contribution is 9.10. The quantitative estimate of drug-likeness (QED) is 0.406. The third kappa shape index (κ3) is 4.68. The van der Waals surface area contributed by atoms with Crippen molar-refractivity contribution in [2.24, 2.45) is 0 Å². The van der Waals surface area contributed by atoms with Gasteiger partial charge in [0.05, 0.1) is 30.0 Å². The van der Waals surface area contributed by atoms with E-state index >= 15 is 0 Å². The normalized spacial score (nSPS) is 11.0. The molecule has 0 aliphatic carbocycles. The van der Waals surface area contributed by atoms with Gasteiger partial charge < -0.3 is 9.32 Å². The van der Waals surface area contributed by atoms with E-state index in [1.165, 1.54) is 10.9 Å². The fraction of sp³-hybridized carbons (Fsp3) is 0.174. The topological polar surface area (TPSA) is 68.3 Å². The van der Waals surface area contributed by atoms with E-state index in [-0.39, 0.29) is 24.4 Å². The summed E-state index contributed by atoms with van der Waals surface area (Å²) >= 11 is 3.39. The number of halogens is 1. The van der Waals surface area contributed by atoms with E-state index in [0.29, 0.717) is 29.8 Å². The second-order valence-corrected chi connectivity index (χ2v) is 7.89. The molecule has 30 heavy (non-hydrogen) atoms. The minimum absolute atomic E-state index is 0.0588. The molecule has 0 atom stereocenters. The number of aryl methyl sites for hydroxylation is 1. The lowest BCUT2D eigenvalue weighted by Crippen LogP contribution is -2.32. The van der Waals surface area contributed by atoms with Gasteiger partial charge in [-0.05, 0) is 35.9 Å². The molecule has 2 aromatic heterocycles. The molecule has 2 aromatic carbocycles. The molecule has 4 aromatic rings. The largest absolute Gasteiger partial charge is 0.467 e. The highest BCUT2D eigenvalue weighted by Gasteiger charge is 2.16. The smallest absolute Gasteiger partial charge is 0.261 e. The average molecular weight is 466 g/mol. The van der Waals surface area contributed by atoms with Crippen LogP contribution in [0.3, 0.4) is 0 Å². The summed E-state index contributed by atoms with van der Waals surface area (Å²) in [6.07, 6.45) is 3.29. The van der Waals surface area contributed by atoms with Crippen molar-refractivity contribution < 1.29 is 9.21 Å². The maximum absolute atomic E-state index is 13.0. The van der Waals surface area contributed by atoms with Crippen molar-refractivity contribution in [3.8, 4) is 0 Å². The van der Waals surface area contributed by atoms with Crippen LogP contribution in [0.1, 0.15) is 17.7 Å². The SMILES string of the molecule is O=C(CCn1cnc2ccc(Br)cc2c1=O)N(Cc1ccccc1)Cc1ccco1. The standard InChI is InChI=1S/C23H20BrN3O3/c24-18-8-9-21-20(13-18)23(29)26(16-25-21)11-10-22(28)27(15-19-7-4-12-30-19)14-17-5-2-1-3-6-17/h1-9,12-13,16H,10-11,14-15H2. The number of rotatable bonds is 7. The monoisotopic (exact) mass is 465 g/mol. The second-order valence-electron chi connectivity index (χ2n) is 6.97. The van der Waals surface area contributed by atoms with E-state index in [1.54, 1.807) is 29.4 Å². The number of fused-ring (bicyclic) bond motifs is 1. The molecular weight excluding hydrogens is 446 g/mol. The Morgan fingerprint density at radius 3 is 2.67 bits per heavy atom. The number of carbonyl (C=O) groups excluding carboxylic acids is 1. The summed E-state index contributed by atoms with van der Waals surface area (Å²) in [5.74, 6) is 0.658. The first-order valence-corrected chi connectivity index (χ1v) is 10.4. The van der Waals surface area contributed by atoms with Gasteiger partial charge in [0.15, 0.2) is 0 Å². The van der Waals surface area contributed by atoms with Crippen LogP contribution in [0.5, 0.6) is 0 Å². The number of aromatic nitrogens is 2. The molecule has 152 valence electrons. The number of hydrogen-bond donors (Lipinski definition) is 0. The molecule has 0 spiro atoms. The van der Waals surface area contributed by atoms with E-state index in [2.05, 4.69) is 20.9 Å². The number of benzene rings is 2. The summed E-state index contributed by atoms with van der Waals surface area (Å²) in [6.45, 7) is 1.10. The van der Waals surface area contributed by atoms with Crippen molar-refractivity contribution in [1.29, 1.82) is 0 Å². The zero-order valence-corrected chi connectivity index (χ0v) is 17.8.